The van der Waals surface area contributed by atoms with E-state index in [0.717, 1.165) is 0 Å². The summed E-state index contributed by atoms with van der Waals surface area (Å²) in [6.07, 6.45) is -0.435. The third-order valence-corrected chi connectivity index (χ3v) is 7.39. The van der Waals surface area contributed by atoms with Crippen LogP contribution < -0.4 is 19.1 Å². The van der Waals surface area contributed by atoms with Crippen molar-refractivity contribution in [3.05, 3.63) is 72.5 Å². The second-order valence-electron chi connectivity index (χ2n) is 7.31. The Kier molecular flexibility index (Phi) is 6.68. The van der Waals surface area contributed by atoms with Gasteiger partial charge in [-0.25, -0.2) is 0 Å². The summed E-state index contributed by atoms with van der Waals surface area (Å²) in [5.41, 5.74) is 6.24. The molecule has 0 bridgehead atoms. The second-order valence-corrected chi connectivity index (χ2v) is 9.36. The van der Waals surface area contributed by atoms with Gasteiger partial charge in [-0.15, -0.1) is 0 Å². The van der Waals surface area contributed by atoms with E-state index in [9.17, 15) is 21.6 Å². The fraction of sp³-hybridized carbons (Fsp3) is 0.273. The smallest absolute Gasteiger partial charge is 0.408 e. The van der Waals surface area contributed by atoms with E-state index in [-0.39, 0.29) is 12.2 Å². The highest BCUT2D eigenvalue weighted by molar-refractivity contribution is 7.91. The van der Waals surface area contributed by atoms with Crippen molar-refractivity contribution in [3.63, 3.8) is 0 Å². The number of nitrogens with two attached hydrogens (primary N) is 1. The number of ether oxygens (including phenoxy) is 2. The largest absolute Gasteiger partial charge is 0.493 e. The van der Waals surface area contributed by atoms with E-state index in [1.54, 1.807) is 43.3 Å². The zero-order chi connectivity index (χ0) is 23.6. The maximum absolute atomic E-state index is 13.2. The molecule has 10 heteroatoms. The summed E-state index contributed by atoms with van der Waals surface area (Å²) in [5, 5.41) is 0. The second kappa shape index (κ2) is 8.97. The first-order valence-corrected chi connectivity index (χ1v) is 11.3. The van der Waals surface area contributed by atoms with Gasteiger partial charge in [0.05, 0.1) is 7.11 Å². The van der Waals surface area contributed by atoms with Crippen molar-refractivity contribution in [2.24, 2.45) is 5.73 Å². The number of benzene rings is 2. The van der Waals surface area contributed by atoms with Gasteiger partial charge in [-0.3, -0.25) is 0 Å². The first kappa shape index (κ1) is 23.8. The number of nitrogens with zero attached hydrogens (tertiary/aromatic N) is 1. The minimum Gasteiger partial charge on any atom is -0.493 e. The van der Waals surface area contributed by atoms with Gasteiger partial charge in [0.25, 0.3) is 0 Å². The Balaban J connectivity index is 2.07. The number of halogens is 3. The molecule has 0 saturated carbocycles. The van der Waals surface area contributed by atoms with Crippen LogP contribution in [0.15, 0.2) is 72.5 Å². The average Bonchev–Trinajstić information content (AvgIpc) is 2.73. The summed E-state index contributed by atoms with van der Waals surface area (Å²) in [7, 11) is -3.26. The monoisotopic (exact) mass is 469 g/mol. The van der Waals surface area contributed by atoms with E-state index < -0.39 is 31.9 Å². The number of hydrogen-bond donors (Lipinski definition) is 1. The number of alkyl halides is 3. The SMILES string of the molecule is COc1ccccc1Oc1ccc([N+]2(S(=O)(=O)CC(F)(F)F)C=C(CN)C=CC2C)cc1. The topological polar surface area (TPSA) is 78.6 Å². The Morgan fingerprint density at radius 1 is 1.06 bits per heavy atom. The molecule has 1 aliphatic rings. The molecule has 0 radical (unpaired) electrons. The van der Waals surface area contributed by atoms with E-state index in [1.807, 2.05) is 0 Å². The molecule has 2 aromatic carbocycles. The van der Waals surface area contributed by atoms with E-state index in [4.69, 9.17) is 15.2 Å². The fourth-order valence-corrected chi connectivity index (χ4v) is 5.56. The summed E-state index contributed by atoms with van der Waals surface area (Å²) in [5.74, 6) is -0.659. The number of quaternary nitrogens is 1. The van der Waals surface area contributed by atoms with Crippen LogP contribution in [-0.2, 0) is 10.0 Å². The van der Waals surface area contributed by atoms with Crippen LogP contribution in [0.4, 0.5) is 18.9 Å². The predicted molar refractivity (Wildman–Crippen MR) is 117 cm³/mol. The summed E-state index contributed by atoms with van der Waals surface area (Å²) in [6.45, 7) is 1.53. The molecule has 1 aliphatic heterocycles. The van der Waals surface area contributed by atoms with Crippen molar-refractivity contribution < 1.29 is 31.1 Å². The normalized spacial score (nSPS) is 21.2. The lowest BCUT2D eigenvalue weighted by Crippen LogP contribution is -2.58. The van der Waals surface area contributed by atoms with Crippen LogP contribution in [0, 0.1) is 0 Å². The van der Waals surface area contributed by atoms with Crippen LogP contribution in [0.5, 0.6) is 17.2 Å². The zero-order valence-corrected chi connectivity index (χ0v) is 18.4. The average molecular weight is 470 g/mol. The molecular formula is C22H24F3N2O4S+. The van der Waals surface area contributed by atoms with Crippen molar-refractivity contribution >= 4 is 15.7 Å². The van der Waals surface area contributed by atoms with Crippen molar-refractivity contribution in [2.45, 2.75) is 19.1 Å². The van der Waals surface area contributed by atoms with Gasteiger partial charge in [-0.2, -0.15) is 25.5 Å². The lowest BCUT2D eigenvalue weighted by Gasteiger charge is -2.39. The van der Waals surface area contributed by atoms with Crippen LogP contribution >= 0.6 is 0 Å². The highest BCUT2D eigenvalue weighted by Crippen LogP contribution is 2.40. The van der Waals surface area contributed by atoms with Crippen LogP contribution in [0.3, 0.4) is 0 Å². The lowest BCUT2D eigenvalue weighted by molar-refractivity contribution is -0.106. The van der Waals surface area contributed by atoms with Gasteiger partial charge in [-0.1, -0.05) is 18.2 Å². The van der Waals surface area contributed by atoms with Gasteiger partial charge in [0.1, 0.15) is 18.0 Å². The number of sulfonamides is 1. The molecule has 0 saturated heterocycles. The molecule has 6 nitrogen and oxygen atoms in total. The summed E-state index contributed by atoms with van der Waals surface area (Å²) >= 11 is 0. The molecule has 32 heavy (non-hydrogen) atoms. The molecule has 2 aromatic rings. The Hall–Kier alpha value is -2.82. The first-order valence-electron chi connectivity index (χ1n) is 9.72. The Morgan fingerprint density at radius 3 is 2.25 bits per heavy atom. The lowest BCUT2D eigenvalue weighted by atomic mass is 10.1. The van der Waals surface area contributed by atoms with Crippen LogP contribution in [0.1, 0.15) is 6.92 Å². The Morgan fingerprint density at radius 2 is 1.69 bits per heavy atom. The van der Waals surface area contributed by atoms with Crippen molar-refractivity contribution in [3.8, 4) is 17.2 Å². The molecule has 3 rings (SSSR count). The Labute approximate surface area is 185 Å². The quantitative estimate of drug-likeness (QED) is 0.605. The molecular weight excluding hydrogens is 445 g/mol. The summed E-state index contributed by atoms with van der Waals surface area (Å²) in [6, 6.07) is 12.0. The van der Waals surface area contributed by atoms with Crippen molar-refractivity contribution in [1.82, 2.24) is 3.89 Å². The van der Waals surface area contributed by atoms with Crippen LogP contribution in [0.25, 0.3) is 0 Å². The summed E-state index contributed by atoms with van der Waals surface area (Å²) < 4.78 is 75.9. The maximum Gasteiger partial charge on any atom is 0.408 e. The van der Waals surface area contributed by atoms with Crippen molar-refractivity contribution in [2.75, 3.05) is 19.4 Å². The molecule has 1 heterocycles. The maximum atomic E-state index is 13.2. The molecule has 2 atom stereocenters. The number of rotatable bonds is 7. The van der Waals surface area contributed by atoms with Crippen LogP contribution in [0.2, 0.25) is 0 Å². The zero-order valence-electron chi connectivity index (χ0n) is 17.5. The molecule has 0 aliphatic carbocycles. The first-order chi connectivity index (χ1) is 15.0. The highest BCUT2D eigenvalue weighted by Gasteiger charge is 2.53. The van der Waals surface area contributed by atoms with Gasteiger partial charge in [0.15, 0.2) is 22.9 Å². The minimum atomic E-state index is -4.89. The van der Waals surface area contributed by atoms with Crippen molar-refractivity contribution in [1.29, 1.82) is 0 Å². The third-order valence-electron chi connectivity index (χ3n) is 5.13. The minimum absolute atomic E-state index is 0.0141. The number of para-hydroxylation sites is 2. The Bertz CT molecular complexity index is 1130. The number of methoxy groups -OCH3 is 1. The van der Waals surface area contributed by atoms with Gasteiger partial charge in [0, 0.05) is 24.3 Å². The molecule has 0 amide bonds. The molecule has 2 N–H and O–H groups in total. The highest BCUT2D eigenvalue weighted by atomic mass is 32.2. The van der Waals surface area contributed by atoms with E-state index in [1.165, 1.54) is 37.6 Å². The van der Waals surface area contributed by atoms with E-state index in [0.29, 0.717) is 22.8 Å². The van der Waals surface area contributed by atoms with E-state index in [2.05, 4.69) is 0 Å². The molecule has 0 fully saturated rings. The molecule has 2 unspecified atom stereocenters. The van der Waals surface area contributed by atoms with E-state index >= 15 is 0 Å². The van der Waals surface area contributed by atoms with Gasteiger partial charge < -0.3 is 15.2 Å². The molecule has 0 spiro atoms. The standard InChI is InChI=1S/C22H24F3N2O4S/c1-16-7-8-17(13-26)14-27(16,32(28,29)15-22(23,24)25)18-9-11-19(12-10-18)31-21-6-4-3-5-20(21)30-2/h3-12,14,16H,13,15,26H2,1-2H3/q+1. The molecule has 172 valence electrons. The van der Waals surface area contributed by atoms with Gasteiger partial charge >= 0.3 is 16.2 Å². The third kappa shape index (κ3) is 4.67. The molecule has 0 aromatic heterocycles. The number of hydrogen-bond acceptors (Lipinski definition) is 5. The van der Waals surface area contributed by atoms with Gasteiger partial charge in [-0.05, 0) is 37.3 Å². The predicted octanol–water partition coefficient (Wildman–Crippen LogP) is 4.49. The summed E-state index contributed by atoms with van der Waals surface area (Å²) in [4.78, 5) is 0. The van der Waals surface area contributed by atoms with Crippen LogP contribution in [-0.4, -0.2) is 40.0 Å². The fourth-order valence-electron chi connectivity index (χ4n) is 3.61. The van der Waals surface area contributed by atoms with Gasteiger partial charge in [0.2, 0.25) is 0 Å².